The molecule has 6 heteroatoms. The molecule has 1 unspecified atom stereocenters. The van der Waals surface area contributed by atoms with Crippen molar-refractivity contribution in [2.45, 2.75) is 12.7 Å². The van der Waals surface area contributed by atoms with Crippen molar-refractivity contribution < 1.29 is 23.4 Å². The van der Waals surface area contributed by atoms with Crippen molar-refractivity contribution in [1.29, 1.82) is 0 Å². The molecule has 0 bridgehead atoms. The number of benzene rings is 2. The maximum Gasteiger partial charge on any atom is 0.387 e. The molecule has 0 radical (unpaired) electrons. The number of methoxy groups -OCH3 is 1. The molecule has 112 valence electrons. The van der Waals surface area contributed by atoms with Gasteiger partial charge in [0.1, 0.15) is 17.6 Å². The molecule has 1 atom stereocenters. The summed E-state index contributed by atoms with van der Waals surface area (Å²) in [5.74, 6) is 0.716. The molecule has 0 aliphatic carbocycles. The van der Waals surface area contributed by atoms with Crippen molar-refractivity contribution in [1.82, 2.24) is 0 Å². The highest BCUT2D eigenvalue weighted by Gasteiger charge is 2.15. The summed E-state index contributed by atoms with van der Waals surface area (Å²) in [7, 11) is 1.56. The second kappa shape index (κ2) is 6.87. The van der Waals surface area contributed by atoms with E-state index in [2.05, 4.69) is 20.7 Å². The average Bonchev–Trinajstić information content (AvgIpc) is 2.46. The normalized spacial score (nSPS) is 12.3. The Morgan fingerprint density at radius 2 is 1.67 bits per heavy atom. The highest BCUT2D eigenvalue weighted by molar-refractivity contribution is 9.10. The fraction of sp³-hybridized carbons (Fsp3) is 0.200. The molecule has 0 spiro atoms. The molecule has 0 aliphatic heterocycles. The van der Waals surface area contributed by atoms with Crippen molar-refractivity contribution in [3.8, 4) is 11.5 Å². The van der Waals surface area contributed by atoms with Crippen molar-refractivity contribution in [3.63, 3.8) is 0 Å². The number of ether oxygens (including phenoxy) is 2. The van der Waals surface area contributed by atoms with Crippen LogP contribution in [0.2, 0.25) is 0 Å². The lowest BCUT2D eigenvalue weighted by atomic mass is 10.0. The molecule has 0 amide bonds. The monoisotopic (exact) mass is 358 g/mol. The number of hydrogen-bond acceptors (Lipinski definition) is 3. The summed E-state index contributed by atoms with van der Waals surface area (Å²) >= 11 is 3.37. The predicted molar refractivity (Wildman–Crippen MR) is 77.8 cm³/mol. The summed E-state index contributed by atoms with van der Waals surface area (Å²) in [6, 6.07) is 11.1. The van der Waals surface area contributed by atoms with Crippen LogP contribution in [0.25, 0.3) is 0 Å². The number of rotatable bonds is 5. The first kappa shape index (κ1) is 15.7. The molecule has 0 aliphatic rings. The topological polar surface area (TPSA) is 38.7 Å². The zero-order valence-electron chi connectivity index (χ0n) is 11.1. The van der Waals surface area contributed by atoms with E-state index in [1.54, 1.807) is 37.4 Å². The fourth-order valence-corrected chi connectivity index (χ4v) is 2.44. The molecule has 2 rings (SSSR count). The first-order valence-corrected chi connectivity index (χ1v) is 6.87. The molecule has 0 saturated heterocycles. The van der Waals surface area contributed by atoms with E-state index in [0.717, 1.165) is 0 Å². The van der Waals surface area contributed by atoms with Crippen LogP contribution < -0.4 is 9.47 Å². The van der Waals surface area contributed by atoms with Crippen molar-refractivity contribution in [2.75, 3.05) is 7.11 Å². The van der Waals surface area contributed by atoms with E-state index in [-0.39, 0.29) is 5.75 Å². The molecule has 2 aromatic carbocycles. The van der Waals surface area contributed by atoms with Crippen molar-refractivity contribution >= 4 is 15.9 Å². The van der Waals surface area contributed by atoms with E-state index in [4.69, 9.17) is 4.74 Å². The summed E-state index contributed by atoms with van der Waals surface area (Å²) in [6.07, 6.45) is -0.883. The summed E-state index contributed by atoms with van der Waals surface area (Å²) in [6.45, 7) is -2.86. The van der Waals surface area contributed by atoms with E-state index in [0.29, 0.717) is 21.3 Å². The Balaban J connectivity index is 2.21. The molecule has 0 saturated carbocycles. The molecule has 2 aromatic rings. The Labute approximate surface area is 129 Å². The Kier molecular flexibility index (Phi) is 5.14. The number of alkyl halides is 2. The van der Waals surface area contributed by atoms with E-state index < -0.39 is 12.7 Å². The third kappa shape index (κ3) is 3.92. The average molecular weight is 359 g/mol. The number of aliphatic hydroxyl groups excluding tert-OH is 1. The zero-order chi connectivity index (χ0) is 15.4. The van der Waals surface area contributed by atoms with Crippen LogP contribution in [0.15, 0.2) is 46.9 Å². The molecular formula is C15H13BrF2O3. The molecule has 0 aromatic heterocycles. The molecule has 21 heavy (non-hydrogen) atoms. The van der Waals surface area contributed by atoms with Crippen LogP contribution in [0.3, 0.4) is 0 Å². The maximum atomic E-state index is 12.1. The third-order valence-electron chi connectivity index (χ3n) is 2.92. The Bertz CT molecular complexity index is 602. The van der Waals surface area contributed by atoms with Crippen molar-refractivity contribution in [2.24, 2.45) is 0 Å². The highest BCUT2D eigenvalue weighted by Crippen LogP contribution is 2.32. The van der Waals surface area contributed by atoms with Crippen LogP contribution >= 0.6 is 15.9 Å². The lowest BCUT2D eigenvalue weighted by molar-refractivity contribution is -0.0498. The van der Waals surface area contributed by atoms with Crippen LogP contribution in [-0.2, 0) is 0 Å². The standard InChI is InChI=1S/C15H13BrF2O3/c1-20-11-6-7-12(13(16)8-11)14(19)9-2-4-10(5-3-9)21-15(17)18/h2-8,14-15,19H,1H3. The van der Waals surface area contributed by atoms with Gasteiger partial charge in [0.05, 0.1) is 7.11 Å². The van der Waals surface area contributed by atoms with Gasteiger partial charge in [-0.3, -0.25) is 0 Å². The number of aliphatic hydroxyl groups is 1. The van der Waals surface area contributed by atoms with Gasteiger partial charge in [-0.15, -0.1) is 0 Å². The van der Waals surface area contributed by atoms with E-state index in [1.807, 2.05) is 0 Å². The molecule has 0 fully saturated rings. The minimum atomic E-state index is -2.86. The molecular weight excluding hydrogens is 346 g/mol. The zero-order valence-corrected chi connectivity index (χ0v) is 12.7. The first-order chi connectivity index (χ1) is 10.0. The van der Waals surface area contributed by atoms with Crippen LogP contribution in [0.5, 0.6) is 11.5 Å². The maximum absolute atomic E-state index is 12.1. The van der Waals surface area contributed by atoms with Gasteiger partial charge in [-0.25, -0.2) is 0 Å². The second-order valence-electron chi connectivity index (χ2n) is 4.24. The third-order valence-corrected chi connectivity index (χ3v) is 3.61. The second-order valence-corrected chi connectivity index (χ2v) is 5.09. The number of halogens is 3. The van der Waals surface area contributed by atoms with Gasteiger partial charge in [0, 0.05) is 4.47 Å². The van der Waals surface area contributed by atoms with Gasteiger partial charge in [-0.2, -0.15) is 8.78 Å². The van der Waals surface area contributed by atoms with Gasteiger partial charge in [0.15, 0.2) is 0 Å². The van der Waals surface area contributed by atoms with Crippen molar-refractivity contribution in [3.05, 3.63) is 58.1 Å². The van der Waals surface area contributed by atoms with Crippen LogP contribution in [0, 0.1) is 0 Å². The minimum Gasteiger partial charge on any atom is -0.497 e. The van der Waals surface area contributed by atoms with Gasteiger partial charge in [-0.1, -0.05) is 34.1 Å². The Morgan fingerprint density at radius 3 is 2.19 bits per heavy atom. The SMILES string of the molecule is COc1ccc(C(O)c2ccc(OC(F)F)cc2)c(Br)c1. The van der Waals surface area contributed by atoms with Gasteiger partial charge in [0.2, 0.25) is 0 Å². The van der Waals surface area contributed by atoms with Crippen LogP contribution in [-0.4, -0.2) is 18.8 Å². The quantitative estimate of drug-likeness (QED) is 0.872. The van der Waals surface area contributed by atoms with Gasteiger partial charge < -0.3 is 14.6 Å². The summed E-state index contributed by atoms with van der Waals surface area (Å²) < 4.78 is 34.2. The fourth-order valence-electron chi connectivity index (χ4n) is 1.87. The highest BCUT2D eigenvalue weighted by atomic mass is 79.9. The van der Waals surface area contributed by atoms with E-state index >= 15 is 0 Å². The lowest BCUT2D eigenvalue weighted by Gasteiger charge is -2.15. The van der Waals surface area contributed by atoms with Crippen LogP contribution in [0.4, 0.5) is 8.78 Å². The number of hydrogen-bond donors (Lipinski definition) is 1. The van der Waals surface area contributed by atoms with E-state index in [9.17, 15) is 13.9 Å². The summed E-state index contributed by atoms with van der Waals surface area (Å²) in [4.78, 5) is 0. The predicted octanol–water partition coefficient (Wildman–Crippen LogP) is 4.14. The summed E-state index contributed by atoms with van der Waals surface area (Å²) in [5, 5.41) is 10.3. The summed E-state index contributed by atoms with van der Waals surface area (Å²) in [5.41, 5.74) is 1.22. The first-order valence-electron chi connectivity index (χ1n) is 6.07. The van der Waals surface area contributed by atoms with Gasteiger partial charge in [0.25, 0.3) is 0 Å². The molecule has 1 N–H and O–H groups in total. The molecule has 0 heterocycles. The van der Waals surface area contributed by atoms with Gasteiger partial charge in [-0.05, 0) is 35.4 Å². The molecule has 3 nitrogen and oxygen atoms in total. The minimum absolute atomic E-state index is 0.0507. The van der Waals surface area contributed by atoms with Gasteiger partial charge >= 0.3 is 6.61 Å². The van der Waals surface area contributed by atoms with E-state index in [1.165, 1.54) is 12.1 Å². The largest absolute Gasteiger partial charge is 0.497 e. The smallest absolute Gasteiger partial charge is 0.387 e. The van der Waals surface area contributed by atoms with Crippen LogP contribution in [0.1, 0.15) is 17.2 Å². The lowest BCUT2D eigenvalue weighted by Crippen LogP contribution is -2.03. The Morgan fingerprint density at radius 1 is 1.05 bits per heavy atom. The Hall–Kier alpha value is -1.66.